The van der Waals surface area contributed by atoms with Crippen LogP contribution >= 0.6 is 0 Å². The van der Waals surface area contributed by atoms with Gasteiger partial charge < -0.3 is 15.0 Å². The van der Waals surface area contributed by atoms with Crippen molar-refractivity contribution in [2.45, 2.75) is 32.8 Å². The van der Waals surface area contributed by atoms with Crippen LogP contribution in [0.2, 0.25) is 0 Å². The molecule has 1 aromatic carbocycles. The molecule has 1 aromatic rings. The third-order valence-corrected chi connectivity index (χ3v) is 4.29. The highest BCUT2D eigenvalue weighted by atomic mass is 16.5. The average molecular weight is 302 g/mol. The van der Waals surface area contributed by atoms with Crippen LogP contribution in [0.1, 0.15) is 26.7 Å². The molecule has 0 spiro atoms. The van der Waals surface area contributed by atoms with Gasteiger partial charge in [-0.05, 0) is 30.4 Å². The van der Waals surface area contributed by atoms with E-state index in [1.807, 2.05) is 17.0 Å². The Labute approximate surface area is 130 Å². The van der Waals surface area contributed by atoms with Gasteiger partial charge in [-0.3, -0.25) is 9.59 Å². The molecule has 2 heterocycles. The molecule has 1 saturated heterocycles. The van der Waals surface area contributed by atoms with Crippen molar-refractivity contribution < 1.29 is 14.3 Å². The molecule has 3 atom stereocenters. The highest BCUT2D eigenvalue weighted by Gasteiger charge is 2.33. The molecule has 1 N–H and O–H groups in total. The molecule has 2 aliphatic heterocycles. The maximum atomic E-state index is 12.5. The number of carbonyl (C=O) groups is 2. The number of para-hydroxylation sites is 2. The third kappa shape index (κ3) is 3.08. The molecule has 2 aliphatic rings. The van der Waals surface area contributed by atoms with Gasteiger partial charge in [-0.15, -0.1) is 0 Å². The number of amides is 2. The Morgan fingerprint density at radius 3 is 2.68 bits per heavy atom. The fourth-order valence-corrected chi connectivity index (χ4v) is 3.38. The first kappa shape index (κ1) is 14.9. The van der Waals surface area contributed by atoms with Crippen molar-refractivity contribution in [2.75, 3.05) is 18.4 Å². The molecular weight excluding hydrogens is 280 g/mol. The molecule has 0 saturated carbocycles. The van der Waals surface area contributed by atoms with Crippen LogP contribution in [-0.4, -0.2) is 35.9 Å². The summed E-state index contributed by atoms with van der Waals surface area (Å²) in [5.74, 6) is 1.40. The number of hydrogen-bond donors (Lipinski definition) is 1. The van der Waals surface area contributed by atoms with Gasteiger partial charge in [-0.1, -0.05) is 26.0 Å². The van der Waals surface area contributed by atoms with E-state index >= 15 is 0 Å². The largest absolute Gasteiger partial charge is 0.478 e. The number of benzene rings is 1. The SMILES string of the molecule is C[C@@H]1C[C@@H](C)CN(C(=O)C[C@@H]2Oc3ccccc3NC2=O)C1. The summed E-state index contributed by atoms with van der Waals surface area (Å²) in [5, 5.41) is 2.80. The normalized spacial score (nSPS) is 27.6. The van der Waals surface area contributed by atoms with Gasteiger partial charge in [0.2, 0.25) is 5.91 Å². The number of rotatable bonds is 2. The molecule has 0 aliphatic carbocycles. The van der Waals surface area contributed by atoms with Gasteiger partial charge in [0.15, 0.2) is 6.10 Å². The lowest BCUT2D eigenvalue weighted by Crippen LogP contribution is -2.46. The van der Waals surface area contributed by atoms with Crippen LogP contribution in [0.5, 0.6) is 5.75 Å². The molecule has 0 unspecified atom stereocenters. The highest BCUT2D eigenvalue weighted by molar-refractivity contribution is 5.99. The van der Waals surface area contributed by atoms with Crippen molar-refractivity contribution in [1.82, 2.24) is 4.90 Å². The Morgan fingerprint density at radius 2 is 1.95 bits per heavy atom. The summed E-state index contributed by atoms with van der Waals surface area (Å²) >= 11 is 0. The van der Waals surface area contributed by atoms with Crippen LogP contribution in [0.15, 0.2) is 24.3 Å². The topological polar surface area (TPSA) is 58.6 Å². The van der Waals surface area contributed by atoms with E-state index in [1.165, 1.54) is 0 Å². The lowest BCUT2D eigenvalue weighted by Gasteiger charge is -2.36. The zero-order valence-corrected chi connectivity index (χ0v) is 13.0. The fourth-order valence-electron chi connectivity index (χ4n) is 3.38. The van der Waals surface area contributed by atoms with E-state index < -0.39 is 6.10 Å². The molecule has 5 nitrogen and oxygen atoms in total. The molecule has 22 heavy (non-hydrogen) atoms. The average Bonchev–Trinajstić information content (AvgIpc) is 2.47. The predicted molar refractivity (Wildman–Crippen MR) is 83.6 cm³/mol. The molecule has 0 bridgehead atoms. The van der Waals surface area contributed by atoms with E-state index in [-0.39, 0.29) is 18.2 Å². The van der Waals surface area contributed by atoms with Gasteiger partial charge in [0.1, 0.15) is 5.75 Å². The van der Waals surface area contributed by atoms with E-state index in [0.717, 1.165) is 19.5 Å². The second-order valence-electron chi connectivity index (χ2n) is 6.54. The molecule has 5 heteroatoms. The molecule has 3 rings (SSSR count). The first-order valence-electron chi connectivity index (χ1n) is 7.87. The summed E-state index contributed by atoms with van der Waals surface area (Å²) in [6.07, 6.45) is 0.506. The van der Waals surface area contributed by atoms with Crippen LogP contribution in [0, 0.1) is 11.8 Å². The number of ether oxygens (including phenoxy) is 1. The quantitative estimate of drug-likeness (QED) is 0.912. The van der Waals surface area contributed by atoms with Gasteiger partial charge in [0.25, 0.3) is 5.91 Å². The van der Waals surface area contributed by atoms with E-state index in [2.05, 4.69) is 19.2 Å². The van der Waals surface area contributed by atoms with Crippen molar-refractivity contribution in [3.63, 3.8) is 0 Å². The molecule has 2 amide bonds. The number of anilines is 1. The van der Waals surface area contributed by atoms with E-state index in [4.69, 9.17) is 4.74 Å². The maximum absolute atomic E-state index is 12.5. The smallest absolute Gasteiger partial charge is 0.266 e. The second-order valence-corrected chi connectivity index (χ2v) is 6.54. The van der Waals surface area contributed by atoms with Crippen molar-refractivity contribution >= 4 is 17.5 Å². The first-order valence-corrected chi connectivity index (χ1v) is 7.87. The third-order valence-electron chi connectivity index (χ3n) is 4.29. The van der Waals surface area contributed by atoms with Crippen molar-refractivity contribution in [2.24, 2.45) is 11.8 Å². The predicted octanol–water partition coefficient (Wildman–Crippen LogP) is 2.28. The molecule has 0 radical (unpaired) electrons. The minimum Gasteiger partial charge on any atom is -0.478 e. The van der Waals surface area contributed by atoms with Gasteiger partial charge in [-0.25, -0.2) is 0 Å². The zero-order chi connectivity index (χ0) is 15.7. The van der Waals surface area contributed by atoms with Crippen molar-refractivity contribution in [1.29, 1.82) is 0 Å². The Kier molecular flexibility index (Phi) is 4.05. The fraction of sp³-hybridized carbons (Fsp3) is 0.529. The molecule has 118 valence electrons. The van der Waals surface area contributed by atoms with Crippen LogP contribution < -0.4 is 10.1 Å². The Morgan fingerprint density at radius 1 is 1.27 bits per heavy atom. The van der Waals surface area contributed by atoms with Crippen LogP contribution in [0.3, 0.4) is 0 Å². The Bertz CT molecular complexity index is 577. The van der Waals surface area contributed by atoms with Crippen molar-refractivity contribution in [3.8, 4) is 5.75 Å². The van der Waals surface area contributed by atoms with Gasteiger partial charge in [-0.2, -0.15) is 0 Å². The summed E-state index contributed by atoms with van der Waals surface area (Å²) in [6, 6.07) is 7.28. The number of fused-ring (bicyclic) bond motifs is 1. The van der Waals surface area contributed by atoms with Gasteiger partial charge in [0.05, 0.1) is 12.1 Å². The molecule has 1 fully saturated rings. The van der Waals surface area contributed by atoms with Gasteiger partial charge in [0, 0.05) is 13.1 Å². The van der Waals surface area contributed by atoms with Crippen LogP contribution in [0.4, 0.5) is 5.69 Å². The number of likely N-dealkylation sites (tertiary alicyclic amines) is 1. The lowest BCUT2D eigenvalue weighted by molar-refractivity contribution is -0.139. The van der Waals surface area contributed by atoms with E-state index in [1.54, 1.807) is 12.1 Å². The lowest BCUT2D eigenvalue weighted by atomic mass is 9.91. The highest BCUT2D eigenvalue weighted by Crippen LogP contribution is 2.30. The number of nitrogens with one attached hydrogen (secondary N) is 1. The first-order chi connectivity index (χ1) is 10.5. The maximum Gasteiger partial charge on any atom is 0.266 e. The van der Waals surface area contributed by atoms with Crippen LogP contribution in [-0.2, 0) is 9.59 Å². The van der Waals surface area contributed by atoms with Gasteiger partial charge >= 0.3 is 0 Å². The van der Waals surface area contributed by atoms with E-state index in [9.17, 15) is 9.59 Å². The van der Waals surface area contributed by atoms with Crippen molar-refractivity contribution in [3.05, 3.63) is 24.3 Å². The number of hydrogen-bond acceptors (Lipinski definition) is 3. The second kappa shape index (κ2) is 5.99. The van der Waals surface area contributed by atoms with E-state index in [0.29, 0.717) is 23.3 Å². The summed E-state index contributed by atoms with van der Waals surface area (Å²) < 4.78 is 5.70. The summed E-state index contributed by atoms with van der Waals surface area (Å²) in [7, 11) is 0. The minimum atomic E-state index is -0.741. The number of nitrogens with zero attached hydrogens (tertiary/aromatic N) is 1. The summed E-state index contributed by atoms with van der Waals surface area (Å²) in [5.41, 5.74) is 0.663. The number of piperidine rings is 1. The zero-order valence-electron chi connectivity index (χ0n) is 13.0. The number of carbonyl (C=O) groups excluding carboxylic acids is 2. The summed E-state index contributed by atoms with van der Waals surface area (Å²) in [6.45, 7) is 5.87. The monoisotopic (exact) mass is 302 g/mol. The summed E-state index contributed by atoms with van der Waals surface area (Å²) in [4.78, 5) is 26.4. The standard InChI is InChI=1S/C17H22N2O3/c1-11-7-12(2)10-19(9-11)16(20)8-15-17(21)18-13-5-3-4-6-14(13)22-15/h3-6,11-12,15H,7-10H2,1-2H3,(H,18,21)/t11-,12-,15+/m1/s1. The van der Waals surface area contributed by atoms with Crippen LogP contribution in [0.25, 0.3) is 0 Å². The molecule has 0 aromatic heterocycles. The minimum absolute atomic E-state index is 0.00192. The Hall–Kier alpha value is -2.04. The Balaban J connectivity index is 1.66. The molecular formula is C17H22N2O3.